The van der Waals surface area contributed by atoms with Gasteiger partial charge in [-0.25, -0.2) is 22.8 Å². The van der Waals surface area contributed by atoms with Crippen LogP contribution < -0.4 is 0 Å². The fraction of sp³-hybridized carbons (Fsp3) is 0.346. The van der Waals surface area contributed by atoms with Crippen LogP contribution >= 0.6 is 11.3 Å². The molecule has 4 aromatic rings. The summed E-state index contributed by atoms with van der Waals surface area (Å²) >= 11 is 1.29. The molecule has 0 N–H and O–H groups in total. The SMILES string of the molecule is Cn1ccc(S(=O)(=O)[C@H]2CCC3Cc4c(ncn4-c4ccc(F)cc4)C[C@]3(C(=O)c3nccs3)C2)c1. The third-order valence-corrected chi connectivity index (χ3v) is 10.8. The van der Waals surface area contributed by atoms with E-state index in [1.165, 1.54) is 23.5 Å². The molecule has 0 amide bonds. The van der Waals surface area contributed by atoms with E-state index in [-0.39, 0.29) is 23.9 Å². The molecule has 0 spiro atoms. The first-order valence-corrected chi connectivity index (χ1v) is 14.3. The van der Waals surface area contributed by atoms with Crippen molar-refractivity contribution in [2.75, 3.05) is 0 Å². The van der Waals surface area contributed by atoms with Crippen molar-refractivity contribution >= 4 is 27.0 Å². The highest BCUT2D eigenvalue weighted by atomic mass is 32.2. The smallest absolute Gasteiger partial charge is 0.198 e. The molecule has 0 aliphatic heterocycles. The van der Waals surface area contributed by atoms with E-state index >= 15 is 0 Å². The van der Waals surface area contributed by atoms with Crippen LogP contribution in [-0.2, 0) is 29.7 Å². The van der Waals surface area contributed by atoms with Crippen molar-refractivity contribution in [2.45, 2.75) is 42.2 Å². The van der Waals surface area contributed by atoms with Gasteiger partial charge >= 0.3 is 0 Å². The zero-order valence-corrected chi connectivity index (χ0v) is 21.3. The Morgan fingerprint density at radius 3 is 2.67 bits per heavy atom. The summed E-state index contributed by atoms with van der Waals surface area (Å²) < 4.78 is 44.4. The number of imidazole rings is 1. The van der Waals surface area contributed by atoms with Crippen LogP contribution in [0, 0.1) is 17.2 Å². The number of carbonyl (C=O) groups is 1. The molecule has 1 unspecified atom stereocenters. The molecule has 10 heteroatoms. The third-order valence-electron chi connectivity index (χ3n) is 7.84. The third kappa shape index (κ3) is 3.66. The first kappa shape index (κ1) is 23.3. The number of rotatable bonds is 5. The lowest BCUT2D eigenvalue weighted by atomic mass is 9.57. The molecule has 2 aliphatic carbocycles. The summed E-state index contributed by atoms with van der Waals surface area (Å²) in [6, 6.07) is 7.88. The van der Waals surface area contributed by atoms with Crippen molar-refractivity contribution in [3.63, 3.8) is 0 Å². The maximum Gasteiger partial charge on any atom is 0.198 e. The first-order valence-electron chi connectivity index (χ1n) is 11.9. The summed E-state index contributed by atoms with van der Waals surface area (Å²) in [7, 11) is -1.81. The molecule has 0 saturated heterocycles. The second kappa shape index (κ2) is 8.48. The molecule has 186 valence electrons. The first-order chi connectivity index (χ1) is 17.3. The lowest BCUT2D eigenvalue weighted by Crippen LogP contribution is -2.51. The van der Waals surface area contributed by atoms with Crippen LogP contribution in [0.15, 0.2) is 65.5 Å². The Hall–Kier alpha value is -3.11. The van der Waals surface area contributed by atoms with Crippen molar-refractivity contribution in [1.82, 2.24) is 19.1 Å². The Balaban J connectivity index is 1.42. The van der Waals surface area contributed by atoms with E-state index in [1.807, 2.05) is 4.57 Å². The standard InChI is InChI=1S/C26H25FN4O3S2/c1-30-10-8-21(15-30)36(33,34)20-7-2-17-12-23-22(29-16-31(23)19-5-3-18(27)4-6-19)14-26(17,13-20)24(32)25-28-9-11-35-25/h3-6,8-11,15-17,20H,2,7,12-14H2,1H3/t17?,20-,26+/m0/s1. The predicted octanol–water partition coefficient (Wildman–Crippen LogP) is 4.42. The van der Waals surface area contributed by atoms with Gasteiger partial charge in [0.2, 0.25) is 0 Å². The van der Waals surface area contributed by atoms with Gasteiger partial charge in [0.15, 0.2) is 20.6 Å². The predicted molar refractivity (Wildman–Crippen MR) is 134 cm³/mol. The zero-order chi connectivity index (χ0) is 25.1. The van der Waals surface area contributed by atoms with Crippen molar-refractivity contribution in [3.8, 4) is 5.69 Å². The Kier molecular flexibility index (Phi) is 5.49. The molecular formula is C26H25FN4O3S2. The number of carbonyl (C=O) groups excluding carboxylic acids is 1. The zero-order valence-electron chi connectivity index (χ0n) is 19.7. The normalized spacial score (nSPS) is 23.7. The molecule has 1 fully saturated rings. The van der Waals surface area contributed by atoms with Gasteiger partial charge in [0, 0.05) is 54.2 Å². The Labute approximate surface area is 212 Å². The van der Waals surface area contributed by atoms with E-state index in [4.69, 9.17) is 0 Å². The lowest BCUT2D eigenvalue weighted by Gasteiger charge is -2.47. The number of halogens is 1. The minimum Gasteiger partial charge on any atom is -0.356 e. The van der Waals surface area contributed by atoms with Crippen LogP contribution in [0.4, 0.5) is 4.39 Å². The van der Waals surface area contributed by atoms with Crippen LogP contribution in [0.2, 0.25) is 0 Å². The van der Waals surface area contributed by atoms with Gasteiger partial charge in [-0.2, -0.15) is 0 Å². The molecule has 0 radical (unpaired) electrons. The van der Waals surface area contributed by atoms with Crippen LogP contribution in [0.5, 0.6) is 0 Å². The highest BCUT2D eigenvalue weighted by Crippen LogP contribution is 2.53. The maximum absolute atomic E-state index is 14.0. The van der Waals surface area contributed by atoms with E-state index in [9.17, 15) is 17.6 Å². The number of Topliss-reactive ketones (excluding diaryl/α,β-unsaturated/α-hetero) is 1. The van der Waals surface area contributed by atoms with Gasteiger partial charge in [0.25, 0.3) is 0 Å². The summed E-state index contributed by atoms with van der Waals surface area (Å²) in [5, 5.41) is 1.54. The molecule has 1 saturated carbocycles. The Bertz CT molecular complexity index is 1540. The van der Waals surface area contributed by atoms with E-state index in [0.717, 1.165) is 17.1 Å². The Morgan fingerprint density at radius 1 is 1.17 bits per heavy atom. The van der Waals surface area contributed by atoms with Gasteiger partial charge in [-0.3, -0.25) is 4.79 Å². The van der Waals surface area contributed by atoms with Crippen LogP contribution in [-0.4, -0.2) is 38.6 Å². The highest BCUT2D eigenvalue weighted by molar-refractivity contribution is 7.92. The Morgan fingerprint density at radius 2 is 1.97 bits per heavy atom. The molecule has 7 nitrogen and oxygen atoms in total. The topological polar surface area (TPSA) is 86.9 Å². The molecule has 2 aliphatic rings. The number of ketones is 1. The summed E-state index contributed by atoms with van der Waals surface area (Å²) in [5.74, 6) is -0.435. The fourth-order valence-corrected chi connectivity index (χ4v) is 8.59. The molecule has 6 rings (SSSR count). The van der Waals surface area contributed by atoms with E-state index in [0.29, 0.717) is 35.6 Å². The number of aromatic nitrogens is 4. The largest absolute Gasteiger partial charge is 0.356 e. The molecule has 3 aromatic heterocycles. The monoisotopic (exact) mass is 524 g/mol. The fourth-order valence-electron chi connectivity index (χ4n) is 5.99. The van der Waals surface area contributed by atoms with Gasteiger partial charge in [0.05, 0.1) is 22.2 Å². The van der Waals surface area contributed by atoms with Crippen molar-refractivity contribution < 1.29 is 17.6 Å². The van der Waals surface area contributed by atoms with Crippen LogP contribution in [0.1, 0.15) is 40.5 Å². The lowest BCUT2D eigenvalue weighted by molar-refractivity contribution is 0.0488. The van der Waals surface area contributed by atoms with Gasteiger partial charge in [-0.05, 0) is 61.9 Å². The summed E-state index contributed by atoms with van der Waals surface area (Å²) in [5.41, 5.74) is 1.71. The number of sulfone groups is 1. The van der Waals surface area contributed by atoms with E-state index in [1.54, 1.807) is 60.1 Å². The minimum atomic E-state index is -3.60. The average molecular weight is 525 g/mol. The molecular weight excluding hydrogens is 499 g/mol. The molecule has 1 aromatic carbocycles. The quantitative estimate of drug-likeness (QED) is 0.361. The van der Waals surface area contributed by atoms with Crippen LogP contribution in [0.25, 0.3) is 5.69 Å². The highest BCUT2D eigenvalue weighted by Gasteiger charge is 2.55. The number of hydrogen-bond acceptors (Lipinski definition) is 6. The van der Waals surface area contributed by atoms with E-state index in [2.05, 4.69) is 9.97 Å². The average Bonchev–Trinajstić information content (AvgIpc) is 3.63. The number of nitrogens with zero attached hydrogens (tertiary/aromatic N) is 4. The second-order valence-corrected chi connectivity index (χ2v) is 13.0. The number of hydrogen-bond donors (Lipinski definition) is 0. The number of benzene rings is 1. The van der Waals surface area contributed by atoms with Gasteiger partial charge in [-0.1, -0.05) is 0 Å². The summed E-state index contributed by atoms with van der Waals surface area (Å²) in [4.78, 5) is 23.3. The summed E-state index contributed by atoms with van der Waals surface area (Å²) in [6.45, 7) is 0. The maximum atomic E-state index is 14.0. The second-order valence-electron chi connectivity index (χ2n) is 9.85. The van der Waals surface area contributed by atoms with Gasteiger partial charge < -0.3 is 9.13 Å². The van der Waals surface area contributed by atoms with Crippen molar-refractivity contribution in [1.29, 1.82) is 0 Å². The van der Waals surface area contributed by atoms with Gasteiger partial charge in [0.1, 0.15) is 5.82 Å². The van der Waals surface area contributed by atoms with E-state index < -0.39 is 20.5 Å². The number of fused-ring (bicyclic) bond motifs is 2. The minimum absolute atomic E-state index is 0.0421. The molecule has 36 heavy (non-hydrogen) atoms. The van der Waals surface area contributed by atoms with Crippen molar-refractivity contribution in [3.05, 3.63) is 82.8 Å². The van der Waals surface area contributed by atoms with Gasteiger partial charge in [-0.15, -0.1) is 11.3 Å². The molecule has 3 heterocycles. The molecule has 0 bridgehead atoms. The summed E-state index contributed by atoms with van der Waals surface area (Å²) in [6.07, 6.45) is 9.00. The van der Waals surface area contributed by atoms with Crippen LogP contribution in [0.3, 0.4) is 0 Å². The number of thiazole rings is 1. The number of aryl methyl sites for hydroxylation is 1. The van der Waals surface area contributed by atoms with Crippen molar-refractivity contribution in [2.24, 2.45) is 18.4 Å². The molecule has 3 atom stereocenters.